The topological polar surface area (TPSA) is 31.4 Å². The standard InChI is InChI=1S/C8H21N2Si.C7H18NSi.Co/c1-10(2)8-6-7-9-11(3,4)5;1-7(2,3)8-9(4,5)6;/h6-8H2,1-5H3;1-6H3;/q2*-1;+3. The third-order valence-corrected chi connectivity index (χ3v) is 4.53. The van der Waals surface area contributed by atoms with E-state index in [9.17, 15) is 0 Å². The summed E-state index contributed by atoms with van der Waals surface area (Å²) in [5.41, 5.74) is 0.171. The summed E-state index contributed by atoms with van der Waals surface area (Å²) in [6.45, 7) is 22.3. The first-order valence-electron chi connectivity index (χ1n) is 7.70. The average Bonchev–Trinajstić information content (AvgIpc) is 2.05. The van der Waals surface area contributed by atoms with E-state index in [0.29, 0.717) is 0 Å². The molecule has 0 atom stereocenters. The Balaban J connectivity index is -0.000000300. The maximum atomic E-state index is 4.68. The SMILES string of the molecule is CC(C)(C)[N-][Si](C)(C)C.CN(C)CCC[N-][Si](C)(C)C.[Co+3]. The quantitative estimate of drug-likeness (QED) is 0.466. The van der Waals surface area contributed by atoms with Crippen LogP contribution in [-0.2, 0) is 16.8 Å². The van der Waals surface area contributed by atoms with Crippen LogP contribution in [0.1, 0.15) is 27.2 Å². The first-order chi connectivity index (χ1) is 8.62. The van der Waals surface area contributed by atoms with Crippen LogP contribution in [0.3, 0.4) is 0 Å². The Morgan fingerprint density at radius 3 is 1.48 bits per heavy atom. The summed E-state index contributed by atoms with van der Waals surface area (Å²) in [5.74, 6) is 0. The predicted octanol–water partition coefficient (Wildman–Crippen LogP) is 5.14. The van der Waals surface area contributed by atoms with Gasteiger partial charge in [-0.2, -0.15) is 0 Å². The molecule has 0 aliphatic rings. The number of rotatable bonds is 6. The molecule has 0 saturated heterocycles. The van der Waals surface area contributed by atoms with E-state index in [0.717, 1.165) is 13.1 Å². The minimum Gasteiger partial charge on any atom is -0.665 e. The number of hydrogen-bond donors (Lipinski definition) is 0. The van der Waals surface area contributed by atoms with Gasteiger partial charge in [0.2, 0.25) is 0 Å². The summed E-state index contributed by atoms with van der Waals surface area (Å²) < 4.78 is 0. The molecular formula is C15H39CoN3Si2+. The maximum Gasteiger partial charge on any atom is 3.00 e. The van der Waals surface area contributed by atoms with Crippen molar-refractivity contribution in [2.45, 2.75) is 72.0 Å². The molecule has 0 rings (SSSR count). The molecule has 21 heavy (non-hydrogen) atoms. The van der Waals surface area contributed by atoms with Gasteiger partial charge in [0.05, 0.1) is 0 Å². The van der Waals surface area contributed by atoms with Crippen LogP contribution in [0.25, 0.3) is 9.96 Å². The van der Waals surface area contributed by atoms with Gasteiger partial charge in [-0.25, -0.2) is 0 Å². The van der Waals surface area contributed by atoms with Crippen LogP contribution in [0.5, 0.6) is 0 Å². The van der Waals surface area contributed by atoms with Crippen LogP contribution in [0.15, 0.2) is 0 Å². The Kier molecular flexibility index (Phi) is 14.5. The van der Waals surface area contributed by atoms with Crippen LogP contribution >= 0.6 is 0 Å². The molecule has 0 spiro atoms. The van der Waals surface area contributed by atoms with Crippen molar-refractivity contribution in [2.75, 3.05) is 27.2 Å². The van der Waals surface area contributed by atoms with Crippen molar-refractivity contribution in [1.29, 1.82) is 0 Å². The average molecular weight is 377 g/mol. The molecular weight excluding hydrogens is 337 g/mol. The second-order valence-corrected chi connectivity index (χ2v) is 17.9. The van der Waals surface area contributed by atoms with E-state index in [1.54, 1.807) is 0 Å². The Bertz CT molecular complexity index is 229. The molecule has 0 aromatic carbocycles. The van der Waals surface area contributed by atoms with Gasteiger partial charge in [0.1, 0.15) is 0 Å². The molecule has 0 saturated carbocycles. The van der Waals surface area contributed by atoms with Crippen molar-refractivity contribution in [2.24, 2.45) is 0 Å². The monoisotopic (exact) mass is 376 g/mol. The van der Waals surface area contributed by atoms with E-state index in [1.165, 1.54) is 6.42 Å². The molecule has 0 aliphatic heterocycles. The third kappa shape index (κ3) is 33.6. The van der Waals surface area contributed by atoms with Gasteiger partial charge >= 0.3 is 16.8 Å². The molecule has 0 amide bonds. The maximum absolute atomic E-state index is 4.68. The summed E-state index contributed by atoms with van der Waals surface area (Å²) in [7, 11) is 1.92. The van der Waals surface area contributed by atoms with E-state index in [4.69, 9.17) is 0 Å². The largest absolute Gasteiger partial charge is 3.00 e. The Morgan fingerprint density at radius 2 is 1.29 bits per heavy atom. The second-order valence-electron chi connectivity index (χ2n) is 8.66. The van der Waals surface area contributed by atoms with Gasteiger partial charge in [-0.1, -0.05) is 82.9 Å². The van der Waals surface area contributed by atoms with Gasteiger partial charge in [0.15, 0.2) is 0 Å². The minimum atomic E-state index is -1.17. The first-order valence-corrected chi connectivity index (χ1v) is 14.6. The van der Waals surface area contributed by atoms with Crippen LogP contribution in [-0.4, -0.2) is 54.1 Å². The summed E-state index contributed by atoms with van der Waals surface area (Å²) in [5, 5.41) is 0. The van der Waals surface area contributed by atoms with Crippen LogP contribution in [0.4, 0.5) is 0 Å². The van der Waals surface area contributed by atoms with Gasteiger partial charge < -0.3 is 14.9 Å². The molecule has 3 nitrogen and oxygen atoms in total. The fourth-order valence-electron chi connectivity index (χ4n) is 1.81. The second kappa shape index (κ2) is 11.4. The fraction of sp³-hybridized carbons (Fsp3) is 1.00. The molecule has 6 heteroatoms. The van der Waals surface area contributed by atoms with E-state index in [2.05, 4.69) is 89.0 Å². The van der Waals surface area contributed by atoms with Crippen LogP contribution < -0.4 is 0 Å². The minimum absolute atomic E-state index is 0. The van der Waals surface area contributed by atoms with Crippen molar-refractivity contribution in [3.8, 4) is 0 Å². The molecule has 0 aliphatic carbocycles. The zero-order chi connectivity index (χ0) is 16.6. The van der Waals surface area contributed by atoms with Crippen LogP contribution in [0.2, 0.25) is 39.3 Å². The molecule has 0 N–H and O–H groups in total. The van der Waals surface area contributed by atoms with E-state index >= 15 is 0 Å². The molecule has 0 aromatic rings. The summed E-state index contributed by atoms with van der Waals surface area (Å²) in [6.07, 6.45) is 1.21. The Labute approximate surface area is 147 Å². The molecule has 0 unspecified atom stereocenters. The van der Waals surface area contributed by atoms with Gasteiger partial charge in [-0.15, -0.1) is 12.1 Å². The molecule has 0 heterocycles. The predicted molar refractivity (Wildman–Crippen MR) is 101 cm³/mol. The number of hydrogen-bond acceptors (Lipinski definition) is 1. The molecule has 0 bridgehead atoms. The van der Waals surface area contributed by atoms with E-state index in [-0.39, 0.29) is 22.3 Å². The zero-order valence-electron chi connectivity index (χ0n) is 16.3. The first kappa shape index (κ1) is 26.7. The van der Waals surface area contributed by atoms with Crippen molar-refractivity contribution < 1.29 is 16.8 Å². The van der Waals surface area contributed by atoms with Crippen molar-refractivity contribution in [3.05, 3.63) is 9.96 Å². The smallest absolute Gasteiger partial charge is 0.665 e. The third-order valence-electron chi connectivity index (χ3n) is 2.02. The summed E-state index contributed by atoms with van der Waals surface area (Å²) in [4.78, 5) is 11.5. The summed E-state index contributed by atoms with van der Waals surface area (Å²) in [6, 6.07) is 0. The normalized spacial score (nSPS) is 12.6. The fourth-order valence-corrected chi connectivity index (χ4v) is 4.65. The molecule has 0 radical (unpaired) electrons. The molecule has 130 valence electrons. The molecule has 0 aromatic heterocycles. The van der Waals surface area contributed by atoms with Crippen molar-refractivity contribution in [1.82, 2.24) is 4.90 Å². The van der Waals surface area contributed by atoms with Gasteiger partial charge in [0, 0.05) is 0 Å². The van der Waals surface area contributed by atoms with E-state index < -0.39 is 16.5 Å². The Hall–Kier alpha value is 0.820. The Morgan fingerprint density at radius 1 is 0.857 bits per heavy atom. The van der Waals surface area contributed by atoms with E-state index in [1.807, 2.05) is 0 Å². The van der Waals surface area contributed by atoms with Crippen molar-refractivity contribution >= 4 is 16.5 Å². The van der Waals surface area contributed by atoms with Gasteiger partial charge in [-0.05, 0) is 20.6 Å². The van der Waals surface area contributed by atoms with Gasteiger partial charge in [0.25, 0.3) is 0 Å². The number of nitrogens with zero attached hydrogens (tertiary/aromatic N) is 3. The van der Waals surface area contributed by atoms with Gasteiger partial charge in [-0.3, -0.25) is 0 Å². The molecule has 0 fully saturated rings. The van der Waals surface area contributed by atoms with Crippen molar-refractivity contribution in [3.63, 3.8) is 0 Å². The zero-order valence-corrected chi connectivity index (χ0v) is 19.3. The summed E-state index contributed by atoms with van der Waals surface area (Å²) >= 11 is 0. The van der Waals surface area contributed by atoms with Crippen LogP contribution in [0, 0.1) is 0 Å².